The topological polar surface area (TPSA) is 86.1 Å². The van der Waals surface area contributed by atoms with E-state index in [1.807, 2.05) is 12.1 Å². The van der Waals surface area contributed by atoms with Gasteiger partial charge in [0, 0.05) is 24.5 Å². The summed E-state index contributed by atoms with van der Waals surface area (Å²) in [5.41, 5.74) is 2.49. The Bertz CT molecular complexity index is 1330. The monoisotopic (exact) mass is 426 g/mol. The van der Waals surface area contributed by atoms with E-state index in [9.17, 15) is 9.59 Å². The van der Waals surface area contributed by atoms with Crippen molar-refractivity contribution in [2.45, 2.75) is 13.5 Å². The van der Waals surface area contributed by atoms with Gasteiger partial charge in [-0.05, 0) is 67.1 Å². The van der Waals surface area contributed by atoms with Gasteiger partial charge in [0.05, 0.1) is 16.6 Å². The minimum atomic E-state index is -0.202. The molecule has 0 unspecified atom stereocenters. The second-order valence-corrected chi connectivity index (χ2v) is 7.16. The zero-order valence-corrected chi connectivity index (χ0v) is 17.6. The number of carbonyl (C=O) groups excluding carboxylic acids is 1. The maximum Gasteiger partial charge on any atom is 0.266 e. The highest BCUT2D eigenvalue weighted by atomic mass is 16.5. The lowest BCUT2D eigenvalue weighted by Crippen LogP contribution is -2.24. The summed E-state index contributed by atoms with van der Waals surface area (Å²) in [4.78, 5) is 34.2. The van der Waals surface area contributed by atoms with E-state index in [1.165, 1.54) is 4.57 Å². The quantitative estimate of drug-likeness (QED) is 0.457. The fourth-order valence-corrected chi connectivity index (χ4v) is 3.37. The molecular formula is C25H22N4O3. The number of aryl methyl sites for hydroxylation is 1. The average molecular weight is 426 g/mol. The summed E-state index contributed by atoms with van der Waals surface area (Å²) >= 11 is 0. The first kappa shape index (κ1) is 21.0. The van der Waals surface area contributed by atoms with E-state index in [2.05, 4.69) is 21.9 Å². The van der Waals surface area contributed by atoms with Crippen molar-refractivity contribution in [2.24, 2.45) is 0 Å². The maximum atomic E-state index is 13.2. The number of aromatic nitrogens is 3. The van der Waals surface area contributed by atoms with Gasteiger partial charge in [-0.2, -0.15) is 0 Å². The molecule has 7 nitrogen and oxygen atoms in total. The number of rotatable bonds is 7. The summed E-state index contributed by atoms with van der Waals surface area (Å²) < 4.78 is 7.08. The number of amides is 1. The average Bonchev–Trinajstić information content (AvgIpc) is 2.82. The molecule has 0 aliphatic heterocycles. The molecule has 0 bridgehead atoms. The van der Waals surface area contributed by atoms with Crippen LogP contribution < -0.4 is 15.6 Å². The summed E-state index contributed by atoms with van der Waals surface area (Å²) in [5.74, 6) is 0.933. The minimum Gasteiger partial charge on any atom is -0.490 e. The number of hydrogen-bond donors (Lipinski definition) is 1. The van der Waals surface area contributed by atoms with Crippen LogP contribution in [-0.4, -0.2) is 27.0 Å². The van der Waals surface area contributed by atoms with Gasteiger partial charge >= 0.3 is 0 Å². The lowest BCUT2D eigenvalue weighted by molar-refractivity contribution is 0.0951. The number of pyridine rings is 1. The van der Waals surface area contributed by atoms with E-state index < -0.39 is 0 Å². The highest BCUT2D eigenvalue weighted by Crippen LogP contribution is 2.19. The number of nitrogens with one attached hydrogen (secondary N) is 1. The molecule has 0 aliphatic rings. The predicted octanol–water partition coefficient (Wildman–Crippen LogP) is 3.58. The Morgan fingerprint density at radius 2 is 1.88 bits per heavy atom. The van der Waals surface area contributed by atoms with Gasteiger partial charge in [0.2, 0.25) is 0 Å². The third kappa shape index (κ3) is 4.41. The Labute approximate surface area is 185 Å². The first-order valence-electron chi connectivity index (χ1n) is 10.1. The fourth-order valence-electron chi connectivity index (χ4n) is 3.37. The Kier molecular flexibility index (Phi) is 6.07. The van der Waals surface area contributed by atoms with Crippen molar-refractivity contribution in [2.75, 3.05) is 6.61 Å². The fraction of sp³-hybridized carbons (Fsp3) is 0.120. The van der Waals surface area contributed by atoms with Crippen LogP contribution in [-0.2, 0) is 6.54 Å². The van der Waals surface area contributed by atoms with Gasteiger partial charge in [-0.1, -0.05) is 12.7 Å². The molecule has 0 fully saturated rings. The van der Waals surface area contributed by atoms with Crippen LogP contribution in [0, 0.1) is 6.92 Å². The van der Waals surface area contributed by atoms with Crippen LogP contribution in [0.2, 0.25) is 0 Å². The molecule has 0 atom stereocenters. The zero-order valence-electron chi connectivity index (χ0n) is 17.6. The number of benzene rings is 2. The van der Waals surface area contributed by atoms with Crippen molar-refractivity contribution < 1.29 is 9.53 Å². The van der Waals surface area contributed by atoms with Crippen LogP contribution in [0.15, 0.2) is 84.4 Å². The van der Waals surface area contributed by atoms with E-state index in [-0.39, 0.29) is 11.5 Å². The lowest BCUT2D eigenvalue weighted by atomic mass is 10.1. The van der Waals surface area contributed by atoms with E-state index in [0.29, 0.717) is 46.9 Å². The van der Waals surface area contributed by atoms with E-state index in [4.69, 9.17) is 4.74 Å². The molecule has 0 saturated heterocycles. The minimum absolute atomic E-state index is 0.196. The summed E-state index contributed by atoms with van der Waals surface area (Å²) in [6.45, 7) is 6.17. The molecule has 160 valence electrons. The molecule has 1 N–H and O–H groups in total. The highest BCUT2D eigenvalue weighted by molar-refractivity contribution is 5.94. The van der Waals surface area contributed by atoms with Crippen molar-refractivity contribution >= 4 is 16.8 Å². The summed E-state index contributed by atoms with van der Waals surface area (Å²) in [5, 5.41) is 3.33. The standard InChI is InChI=1S/C25H22N4O3/c1-3-14-32-21-8-9-23-22(15-21)25(31)29(17(2)28-23)20-6-4-19(5-7-20)24(30)27-16-18-10-12-26-13-11-18/h3-13,15H,1,14,16H2,2H3,(H,27,30). The number of fused-ring (bicyclic) bond motifs is 1. The maximum absolute atomic E-state index is 13.2. The van der Waals surface area contributed by atoms with Gasteiger partial charge in [-0.15, -0.1) is 0 Å². The largest absolute Gasteiger partial charge is 0.490 e. The number of carbonyl (C=O) groups is 1. The van der Waals surface area contributed by atoms with Crippen molar-refractivity contribution in [3.05, 3.63) is 107 Å². The molecule has 1 amide bonds. The third-order valence-electron chi connectivity index (χ3n) is 4.97. The molecule has 0 aliphatic carbocycles. The van der Waals surface area contributed by atoms with E-state index in [0.717, 1.165) is 5.56 Å². The van der Waals surface area contributed by atoms with Crippen molar-refractivity contribution in [1.29, 1.82) is 0 Å². The lowest BCUT2D eigenvalue weighted by Gasteiger charge is -2.12. The zero-order chi connectivity index (χ0) is 22.5. The van der Waals surface area contributed by atoms with Crippen LogP contribution in [0.5, 0.6) is 5.75 Å². The Morgan fingerprint density at radius 1 is 1.12 bits per heavy atom. The van der Waals surface area contributed by atoms with Crippen LogP contribution >= 0.6 is 0 Å². The van der Waals surface area contributed by atoms with Crippen LogP contribution in [0.4, 0.5) is 0 Å². The summed E-state index contributed by atoms with van der Waals surface area (Å²) in [6.07, 6.45) is 5.01. The molecule has 0 spiro atoms. The highest BCUT2D eigenvalue weighted by Gasteiger charge is 2.12. The van der Waals surface area contributed by atoms with Gasteiger partial charge in [0.25, 0.3) is 11.5 Å². The predicted molar refractivity (Wildman–Crippen MR) is 123 cm³/mol. The van der Waals surface area contributed by atoms with Crippen molar-refractivity contribution in [3.8, 4) is 11.4 Å². The Morgan fingerprint density at radius 3 is 2.59 bits per heavy atom. The summed E-state index contributed by atoms with van der Waals surface area (Å²) in [6, 6.07) is 15.8. The third-order valence-corrected chi connectivity index (χ3v) is 4.97. The van der Waals surface area contributed by atoms with Crippen LogP contribution in [0.25, 0.3) is 16.6 Å². The van der Waals surface area contributed by atoms with E-state index >= 15 is 0 Å². The Hall–Kier alpha value is -4.26. The molecule has 4 aromatic rings. The SMILES string of the molecule is C=CCOc1ccc2nc(C)n(-c3ccc(C(=O)NCc4ccncc4)cc3)c(=O)c2c1. The van der Waals surface area contributed by atoms with Gasteiger partial charge in [-0.25, -0.2) is 4.98 Å². The molecule has 2 aromatic carbocycles. The second kappa shape index (κ2) is 9.26. The smallest absolute Gasteiger partial charge is 0.266 e. The first-order valence-corrected chi connectivity index (χ1v) is 10.1. The molecule has 2 aromatic heterocycles. The molecule has 0 radical (unpaired) electrons. The first-order chi connectivity index (χ1) is 15.6. The molecule has 32 heavy (non-hydrogen) atoms. The normalized spacial score (nSPS) is 10.7. The second-order valence-electron chi connectivity index (χ2n) is 7.16. The number of nitrogens with zero attached hydrogens (tertiary/aromatic N) is 3. The van der Waals surface area contributed by atoms with Crippen molar-refractivity contribution in [3.63, 3.8) is 0 Å². The van der Waals surface area contributed by atoms with Gasteiger partial charge in [0.15, 0.2) is 0 Å². The van der Waals surface area contributed by atoms with Crippen LogP contribution in [0.1, 0.15) is 21.7 Å². The molecule has 7 heteroatoms. The van der Waals surface area contributed by atoms with Crippen molar-refractivity contribution in [1.82, 2.24) is 19.9 Å². The van der Waals surface area contributed by atoms with E-state index in [1.54, 1.807) is 67.9 Å². The van der Waals surface area contributed by atoms with Gasteiger partial charge in [-0.3, -0.25) is 19.1 Å². The van der Waals surface area contributed by atoms with Gasteiger partial charge < -0.3 is 10.1 Å². The molecule has 2 heterocycles. The Balaban J connectivity index is 1.60. The number of hydrogen-bond acceptors (Lipinski definition) is 5. The van der Waals surface area contributed by atoms with Crippen LogP contribution in [0.3, 0.4) is 0 Å². The van der Waals surface area contributed by atoms with Gasteiger partial charge in [0.1, 0.15) is 18.2 Å². The number of ether oxygens (including phenoxy) is 1. The molecule has 4 rings (SSSR count). The molecular weight excluding hydrogens is 404 g/mol. The summed E-state index contributed by atoms with van der Waals surface area (Å²) in [7, 11) is 0. The molecule has 0 saturated carbocycles.